The van der Waals surface area contributed by atoms with Crippen LogP contribution in [0.4, 0.5) is 0 Å². The number of amides is 1. The minimum Gasteiger partial charge on any atom is -0.467 e. The number of fused-ring (bicyclic) bond motifs is 1. The minimum atomic E-state index is -0.159. The van der Waals surface area contributed by atoms with E-state index in [4.69, 9.17) is 9.47 Å². The number of para-hydroxylation sites is 1. The number of carbonyl (C=O) groups excluding carboxylic acids is 1. The lowest BCUT2D eigenvalue weighted by Crippen LogP contribution is -2.42. The summed E-state index contributed by atoms with van der Waals surface area (Å²) < 4.78 is 10.8. The maximum Gasteiger partial charge on any atom is 0.258 e. The molecule has 1 aliphatic rings. The minimum absolute atomic E-state index is 0.0580. The Kier molecular flexibility index (Phi) is 4.25. The highest BCUT2D eigenvalue weighted by Crippen LogP contribution is 2.20. The van der Waals surface area contributed by atoms with Gasteiger partial charge in [0.2, 0.25) is 5.88 Å². The van der Waals surface area contributed by atoms with Crippen molar-refractivity contribution in [2.75, 3.05) is 19.8 Å². The molecule has 0 radical (unpaired) electrons. The normalized spacial score (nSPS) is 18.4. The molecule has 110 valence electrons. The molecule has 1 fully saturated rings. The topological polar surface area (TPSA) is 73.3 Å². The molecule has 6 heteroatoms. The van der Waals surface area contributed by atoms with Gasteiger partial charge in [0.15, 0.2) is 6.61 Å². The van der Waals surface area contributed by atoms with Gasteiger partial charge in [-0.05, 0) is 25.0 Å². The van der Waals surface area contributed by atoms with Gasteiger partial charge >= 0.3 is 0 Å². The van der Waals surface area contributed by atoms with Crippen LogP contribution in [-0.2, 0) is 9.53 Å². The summed E-state index contributed by atoms with van der Waals surface area (Å²) in [5.41, 5.74) is 0.795. The molecule has 0 bridgehead atoms. The molecular weight excluding hydrogens is 270 g/mol. The summed E-state index contributed by atoms with van der Waals surface area (Å²) in [5.74, 6) is 0.267. The molecule has 0 spiro atoms. The number of nitrogens with zero attached hydrogens (tertiary/aromatic N) is 2. The molecule has 21 heavy (non-hydrogen) atoms. The fraction of sp³-hybridized carbons (Fsp3) is 0.400. The van der Waals surface area contributed by atoms with Crippen molar-refractivity contribution in [1.29, 1.82) is 0 Å². The van der Waals surface area contributed by atoms with E-state index in [0.717, 1.165) is 30.4 Å². The van der Waals surface area contributed by atoms with Crippen LogP contribution in [0, 0.1) is 0 Å². The Morgan fingerprint density at radius 3 is 3.14 bits per heavy atom. The summed E-state index contributed by atoms with van der Waals surface area (Å²) in [6.07, 6.45) is 3.36. The van der Waals surface area contributed by atoms with E-state index in [1.165, 1.54) is 6.33 Å². The summed E-state index contributed by atoms with van der Waals surface area (Å²) in [6.45, 7) is 1.29. The van der Waals surface area contributed by atoms with Gasteiger partial charge in [-0.25, -0.2) is 9.97 Å². The highest BCUT2D eigenvalue weighted by molar-refractivity contribution is 5.84. The molecule has 1 aromatic heterocycles. The lowest BCUT2D eigenvalue weighted by atomic mass is 10.1. The summed E-state index contributed by atoms with van der Waals surface area (Å²) in [6, 6.07) is 7.62. The predicted molar refractivity (Wildman–Crippen MR) is 77.0 cm³/mol. The molecule has 0 aliphatic carbocycles. The molecule has 1 aliphatic heterocycles. The van der Waals surface area contributed by atoms with E-state index in [1.807, 2.05) is 24.3 Å². The van der Waals surface area contributed by atoms with Gasteiger partial charge in [0, 0.05) is 6.61 Å². The Hall–Kier alpha value is -2.21. The molecule has 1 aromatic carbocycles. The zero-order valence-corrected chi connectivity index (χ0v) is 11.6. The molecule has 1 saturated heterocycles. The van der Waals surface area contributed by atoms with Crippen LogP contribution in [0.3, 0.4) is 0 Å². The first-order chi connectivity index (χ1) is 10.3. The molecule has 3 rings (SSSR count). The first-order valence-corrected chi connectivity index (χ1v) is 7.02. The molecule has 6 nitrogen and oxygen atoms in total. The van der Waals surface area contributed by atoms with Crippen molar-refractivity contribution < 1.29 is 14.3 Å². The van der Waals surface area contributed by atoms with Gasteiger partial charge in [0.25, 0.3) is 5.91 Å². The number of hydrogen-bond donors (Lipinski definition) is 1. The van der Waals surface area contributed by atoms with E-state index in [-0.39, 0.29) is 18.6 Å². The summed E-state index contributed by atoms with van der Waals surface area (Å²) in [4.78, 5) is 20.1. The molecule has 2 aromatic rings. The van der Waals surface area contributed by atoms with Crippen LogP contribution in [0.1, 0.15) is 12.8 Å². The van der Waals surface area contributed by atoms with Gasteiger partial charge in [-0.1, -0.05) is 12.1 Å². The molecule has 2 heterocycles. The van der Waals surface area contributed by atoms with Crippen molar-refractivity contribution in [3.63, 3.8) is 0 Å². The molecule has 1 amide bonds. The summed E-state index contributed by atoms with van der Waals surface area (Å²) in [7, 11) is 0. The first-order valence-electron chi connectivity index (χ1n) is 7.02. The number of aromatic nitrogens is 2. The lowest BCUT2D eigenvalue weighted by Gasteiger charge is -2.23. The zero-order chi connectivity index (χ0) is 14.5. The van der Waals surface area contributed by atoms with Crippen LogP contribution in [0.25, 0.3) is 10.9 Å². The Bertz CT molecular complexity index is 621. The third-order valence-electron chi connectivity index (χ3n) is 3.37. The van der Waals surface area contributed by atoms with Crippen LogP contribution >= 0.6 is 0 Å². The third kappa shape index (κ3) is 3.46. The largest absolute Gasteiger partial charge is 0.467 e. The van der Waals surface area contributed by atoms with Crippen molar-refractivity contribution in [2.24, 2.45) is 0 Å². The van der Waals surface area contributed by atoms with Gasteiger partial charge < -0.3 is 14.8 Å². The Labute approximate surface area is 122 Å². The van der Waals surface area contributed by atoms with Gasteiger partial charge in [-0.15, -0.1) is 0 Å². The number of benzene rings is 1. The first kappa shape index (κ1) is 13.8. The fourth-order valence-electron chi connectivity index (χ4n) is 2.35. The van der Waals surface area contributed by atoms with Crippen LogP contribution < -0.4 is 10.1 Å². The predicted octanol–water partition coefficient (Wildman–Crippen LogP) is 1.30. The maximum absolute atomic E-state index is 11.9. The van der Waals surface area contributed by atoms with E-state index in [1.54, 1.807) is 0 Å². The third-order valence-corrected chi connectivity index (χ3v) is 3.37. The second-order valence-electron chi connectivity index (χ2n) is 4.97. The average molecular weight is 287 g/mol. The monoisotopic (exact) mass is 287 g/mol. The number of carbonyl (C=O) groups is 1. The van der Waals surface area contributed by atoms with Gasteiger partial charge in [-0.3, -0.25) is 4.79 Å². The maximum atomic E-state index is 11.9. The van der Waals surface area contributed by atoms with Crippen molar-refractivity contribution in [3.05, 3.63) is 30.6 Å². The van der Waals surface area contributed by atoms with Crippen LogP contribution in [0.15, 0.2) is 30.6 Å². The molecule has 1 atom stereocenters. The van der Waals surface area contributed by atoms with Crippen LogP contribution in [0.2, 0.25) is 0 Å². The molecule has 1 N–H and O–H groups in total. The Morgan fingerprint density at radius 2 is 2.29 bits per heavy atom. The summed E-state index contributed by atoms with van der Waals surface area (Å²) >= 11 is 0. The molecular formula is C15H17N3O3. The number of nitrogens with one attached hydrogen (secondary N) is 1. The van der Waals surface area contributed by atoms with E-state index < -0.39 is 0 Å². The van der Waals surface area contributed by atoms with E-state index in [2.05, 4.69) is 15.3 Å². The van der Waals surface area contributed by atoms with E-state index in [0.29, 0.717) is 12.5 Å². The van der Waals surface area contributed by atoms with E-state index >= 15 is 0 Å². The number of rotatable bonds is 4. The standard InChI is InChI=1S/C15H17N3O3/c19-14(18-11-4-3-7-20-8-11)9-21-15-12-5-1-2-6-13(12)16-10-17-15/h1-2,5-6,10-11H,3-4,7-9H2,(H,18,19). The van der Waals surface area contributed by atoms with Gasteiger partial charge in [-0.2, -0.15) is 0 Å². The number of hydrogen-bond acceptors (Lipinski definition) is 5. The smallest absolute Gasteiger partial charge is 0.258 e. The molecule has 1 unspecified atom stereocenters. The van der Waals surface area contributed by atoms with Crippen LogP contribution in [0.5, 0.6) is 5.88 Å². The van der Waals surface area contributed by atoms with Crippen LogP contribution in [-0.4, -0.2) is 41.7 Å². The van der Waals surface area contributed by atoms with Crippen molar-refractivity contribution in [3.8, 4) is 5.88 Å². The summed E-state index contributed by atoms with van der Waals surface area (Å²) in [5, 5.41) is 3.70. The average Bonchev–Trinajstić information content (AvgIpc) is 2.54. The Balaban J connectivity index is 1.59. The second-order valence-corrected chi connectivity index (χ2v) is 4.97. The second kappa shape index (κ2) is 6.49. The van der Waals surface area contributed by atoms with Crippen molar-refractivity contribution in [1.82, 2.24) is 15.3 Å². The zero-order valence-electron chi connectivity index (χ0n) is 11.6. The SMILES string of the molecule is O=C(COc1ncnc2ccccc12)NC1CCCOC1. The van der Waals surface area contributed by atoms with Crippen molar-refractivity contribution >= 4 is 16.8 Å². The van der Waals surface area contributed by atoms with E-state index in [9.17, 15) is 4.79 Å². The Morgan fingerprint density at radius 1 is 1.38 bits per heavy atom. The highest BCUT2D eigenvalue weighted by Gasteiger charge is 2.16. The highest BCUT2D eigenvalue weighted by atomic mass is 16.5. The molecule has 0 saturated carbocycles. The fourth-order valence-corrected chi connectivity index (χ4v) is 2.35. The number of ether oxygens (including phenoxy) is 2. The lowest BCUT2D eigenvalue weighted by molar-refractivity contribution is -0.124. The van der Waals surface area contributed by atoms with Gasteiger partial charge in [0.05, 0.1) is 23.6 Å². The van der Waals surface area contributed by atoms with Gasteiger partial charge in [0.1, 0.15) is 6.33 Å². The van der Waals surface area contributed by atoms with Crippen molar-refractivity contribution in [2.45, 2.75) is 18.9 Å². The quantitative estimate of drug-likeness (QED) is 0.917.